The lowest BCUT2D eigenvalue weighted by molar-refractivity contribution is 0.103. The fourth-order valence-corrected chi connectivity index (χ4v) is 4.66. The lowest BCUT2D eigenvalue weighted by atomic mass is 9.87. The van der Waals surface area contributed by atoms with E-state index in [1.54, 1.807) is 0 Å². The Bertz CT molecular complexity index is 887. The highest BCUT2D eigenvalue weighted by Crippen LogP contribution is 2.40. The highest BCUT2D eigenvalue weighted by molar-refractivity contribution is 6.01. The van der Waals surface area contributed by atoms with Crippen molar-refractivity contribution in [1.82, 2.24) is 10.2 Å². The molecule has 2 heterocycles. The third-order valence-corrected chi connectivity index (χ3v) is 6.36. The largest absolute Gasteiger partial charge is 0.504 e. The molecule has 0 amide bonds. The Balaban J connectivity index is 1.69. The van der Waals surface area contributed by atoms with Gasteiger partial charge in [0.25, 0.3) is 0 Å². The first-order chi connectivity index (χ1) is 14.5. The van der Waals surface area contributed by atoms with E-state index in [-0.39, 0.29) is 17.5 Å². The molecule has 5 heteroatoms. The number of para-hydroxylation sites is 1. The Morgan fingerprint density at radius 2 is 1.87 bits per heavy atom. The first kappa shape index (κ1) is 20.9. The zero-order valence-corrected chi connectivity index (χ0v) is 18.3. The average molecular weight is 408 g/mol. The van der Waals surface area contributed by atoms with Crippen LogP contribution in [0.1, 0.15) is 57.2 Å². The van der Waals surface area contributed by atoms with Crippen LogP contribution in [-0.2, 0) is 0 Å². The van der Waals surface area contributed by atoms with Gasteiger partial charge in [0, 0.05) is 42.9 Å². The predicted molar refractivity (Wildman–Crippen MR) is 121 cm³/mol. The third-order valence-electron chi connectivity index (χ3n) is 6.36. The minimum atomic E-state index is -0.298. The molecule has 30 heavy (non-hydrogen) atoms. The van der Waals surface area contributed by atoms with Crippen molar-refractivity contribution in [3.63, 3.8) is 0 Å². The molecule has 1 spiro atoms. The Morgan fingerprint density at radius 1 is 1.13 bits per heavy atom. The van der Waals surface area contributed by atoms with Gasteiger partial charge in [-0.2, -0.15) is 0 Å². The molecule has 0 aliphatic carbocycles. The summed E-state index contributed by atoms with van der Waals surface area (Å²) in [6, 6.07) is 16.8. The van der Waals surface area contributed by atoms with Gasteiger partial charge in [0.2, 0.25) is 0 Å². The van der Waals surface area contributed by atoms with Crippen LogP contribution in [0.3, 0.4) is 0 Å². The van der Waals surface area contributed by atoms with Gasteiger partial charge >= 0.3 is 0 Å². The number of benzene rings is 2. The number of aromatic hydroxyl groups is 1. The Morgan fingerprint density at radius 3 is 2.53 bits per heavy atom. The molecule has 0 bridgehead atoms. The highest BCUT2D eigenvalue weighted by atomic mass is 16.5. The van der Waals surface area contributed by atoms with Gasteiger partial charge in [-0.1, -0.05) is 42.5 Å². The minimum Gasteiger partial charge on any atom is -0.504 e. The molecule has 2 aliphatic rings. The molecule has 2 aliphatic heterocycles. The summed E-state index contributed by atoms with van der Waals surface area (Å²) in [5, 5.41) is 14.7. The lowest BCUT2D eigenvalue weighted by Crippen LogP contribution is -2.56. The SMILES string of the molecule is CCOc1cccc([C@H]2CC(c3ccccc3)=NC3(CCN(C(C)C)CC3)N2)c1O. The van der Waals surface area contributed by atoms with Gasteiger partial charge in [-0.3, -0.25) is 10.3 Å². The van der Waals surface area contributed by atoms with Crippen molar-refractivity contribution in [2.24, 2.45) is 4.99 Å². The molecule has 0 unspecified atom stereocenters. The molecule has 0 saturated carbocycles. The van der Waals surface area contributed by atoms with Gasteiger partial charge < -0.3 is 14.7 Å². The van der Waals surface area contributed by atoms with Crippen molar-refractivity contribution in [1.29, 1.82) is 0 Å². The van der Waals surface area contributed by atoms with Gasteiger partial charge in [0.15, 0.2) is 11.5 Å². The Hall–Kier alpha value is -2.37. The molecule has 1 atom stereocenters. The average Bonchev–Trinajstić information content (AvgIpc) is 2.76. The van der Waals surface area contributed by atoms with Crippen LogP contribution in [0.5, 0.6) is 11.5 Å². The van der Waals surface area contributed by atoms with Gasteiger partial charge in [-0.25, -0.2) is 0 Å². The second-order valence-electron chi connectivity index (χ2n) is 8.61. The van der Waals surface area contributed by atoms with E-state index >= 15 is 0 Å². The van der Waals surface area contributed by atoms with Crippen LogP contribution in [0.4, 0.5) is 0 Å². The molecule has 0 aromatic heterocycles. The van der Waals surface area contributed by atoms with E-state index in [0.717, 1.165) is 49.2 Å². The molecule has 160 valence electrons. The Kier molecular flexibility index (Phi) is 6.11. The van der Waals surface area contributed by atoms with Gasteiger partial charge in [-0.15, -0.1) is 0 Å². The standard InChI is InChI=1S/C25H33N3O2/c1-4-30-23-12-8-11-20(24(23)29)22-17-21(19-9-6-5-7-10-19)26-25(27-22)13-15-28(16-14-25)18(2)3/h5-12,18,22,27,29H,4,13-17H2,1-3H3/t22-/m1/s1. The first-order valence-corrected chi connectivity index (χ1v) is 11.1. The number of nitrogens with one attached hydrogen (secondary N) is 1. The van der Waals surface area contributed by atoms with Gasteiger partial charge in [0.05, 0.1) is 6.61 Å². The molecule has 5 nitrogen and oxygen atoms in total. The minimum absolute atomic E-state index is 0.0105. The molecule has 2 N–H and O–H groups in total. The van der Waals surface area contributed by atoms with E-state index in [0.29, 0.717) is 18.4 Å². The molecular weight excluding hydrogens is 374 g/mol. The maximum absolute atomic E-state index is 10.9. The number of phenols is 1. The van der Waals surface area contributed by atoms with Crippen molar-refractivity contribution in [2.45, 2.75) is 57.8 Å². The summed E-state index contributed by atoms with van der Waals surface area (Å²) in [5.74, 6) is 0.783. The van der Waals surface area contributed by atoms with E-state index in [4.69, 9.17) is 9.73 Å². The number of hydrogen-bond acceptors (Lipinski definition) is 5. The number of rotatable bonds is 5. The molecule has 4 rings (SSSR count). The predicted octanol–water partition coefficient (Wildman–Crippen LogP) is 4.52. The maximum atomic E-state index is 10.9. The molecular formula is C25H33N3O2. The monoisotopic (exact) mass is 407 g/mol. The normalized spacial score (nSPS) is 21.6. The molecule has 1 fully saturated rings. The summed E-state index contributed by atoms with van der Waals surface area (Å²) in [6.07, 6.45) is 2.66. The number of nitrogens with zero attached hydrogens (tertiary/aromatic N) is 2. The number of phenolic OH excluding ortho intramolecular Hbond substituents is 1. The summed E-state index contributed by atoms with van der Waals surface area (Å²) in [5.41, 5.74) is 2.86. The number of ether oxygens (including phenoxy) is 1. The number of likely N-dealkylation sites (tertiary alicyclic amines) is 1. The summed E-state index contributed by atoms with van der Waals surface area (Å²) in [6.45, 7) is 9.02. The zero-order valence-electron chi connectivity index (χ0n) is 18.3. The fraction of sp³-hybridized carbons (Fsp3) is 0.480. The highest BCUT2D eigenvalue weighted by Gasteiger charge is 2.41. The fourth-order valence-electron chi connectivity index (χ4n) is 4.66. The summed E-state index contributed by atoms with van der Waals surface area (Å²) < 4.78 is 5.64. The molecule has 2 aromatic carbocycles. The van der Waals surface area contributed by atoms with Gasteiger partial charge in [0.1, 0.15) is 5.66 Å². The van der Waals surface area contributed by atoms with Crippen LogP contribution in [0, 0.1) is 0 Å². The van der Waals surface area contributed by atoms with E-state index < -0.39 is 0 Å². The van der Waals surface area contributed by atoms with Crippen LogP contribution in [0.2, 0.25) is 0 Å². The van der Waals surface area contributed by atoms with Crippen LogP contribution in [0.25, 0.3) is 0 Å². The third kappa shape index (κ3) is 4.23. The first-order valence-electron chi connectivity index (χ1n) is 11.1. The lowest BCUT2D eigenvalue weighted by Gasteiger charge is -2.46. The van der Waals surface area contributed by atoms with Crippen LogP contribution in [0.15, 0.2) is 53.5 Å². The number of piperidine rings is 1. The van der Waals surface area contributed by atoms with Crippen LogP contribution >= 0.6 is 0 Å². The van der Waals surface area contributed by atoms with Crippen molar-refractivity contribution >= 4 is 5.71 Å². The quantitative estimate of drug-likeness (QED) is 0.765. The van der Waals surface area contributed by atoms with Crippen molar-refractivity contribution in [3.05, 3.63) is 59.7 Å². The van der Waals surface area contributed by atoms with Crippen molar-refractivity contribution in [3.8, 4) is 11.5 Å². The van der Waals surface area contributed by atoms with Crippen molar-refractivity contribution in [2.75, 3.05) is 19.7 Å². The number of aliphatic imine (C=N–C) groups is 1. The van der Waals surface area contributed by atoms with E-state index in [1.165, 1.54) is 0 Å². The van der Waals surface area contributed by atoms with Crippen LogP contribution < -0.4 is 10.1 Å². The van der Waals surface area contributed by atoms with E-state index in [2.05, 4.69) is 48.3 Å². The summed E-state index contributed by atoms with van der Waals surface area (Å²) >= 11 is 0. The summed E-state index contributed by atoms with van der Waals surface area (Å²) in [4.78, 5) is 7.78. The van der Waals surface area contributed by atoms with Gasteiger partial charge in [-0.05, 0) is 45.2 Å². The number of hydrogen-bond donors (Lipinski definition) is 2. The Labute approximate surface area is 179 Å². The van der Waals surface area contributed by atoms with Crippen molar-refractivity contribution < 1.29 is 9.84 Å². The second-order valence-corrected chi connectivity index (χ2v) is 8.61. The van der Waals surface area contributed by atoms with E-state index in [1.807, 2.05) is 31.2 Å². The van der Waals surface area contributed by atoms with Crippen LogP contribution in [-0.4, -0.2) is 47.1 Å². The smallest absolute Gasteiger partial charge is 0.162 e. The molecule has 1 saturated heterocycles. The second kappa shape index (κ2) is 8.78. The molecule has 0 radical (unpaired) electrons. The summed E-state index contributed by atoms with van der Waals surface area (Å²) in [7, 11) is 0. The topological polar surface area (TPSA) is 57.1 Å². The van der Waals surface area contributed by atoms with E-state index in [9.17, 15) is 5.11 Å². The molecule has 2 aromatic rings. The zero-order chi connectivity index (χ0) is 21.1. The maximum Gasteiger partial charge on any atom is 0.162 e.